The fourth-order valence-corrected chi connectivity index (χ4v) is 5.12. The van der Waals surface area contributed by atoms with Gasteiger partial charge in [0.05, 0.1) is 28.6 Å². The van der Waals surface area contributed by atoms with Crippen molar-refractivity contribution in [3.63, 3.8) is 0 Å². The molecular weight excluding hydrogens is 460 g/mol. The smallest absolute Gasteiger partial charge is 0.275 e. The number of nitrogens with zero attached hydrogens (tertiary/aromatic N) is 2. The van der Waals surface area contributed by atoms with E-state index in [-0.39, 0.29) is 11.7 Å². The lowest BCUT2D eigenvalue weighted by Gasteiger charge is -2.40. The number of carbonyl (C=O) groups is 2. The van der Waals surface area contributed by atoms with Gasteiger partial charge >= 0.3 is 0 Å². The van der Waals surface area contributed by atoms with E-state index in [0.29, 0.717) is 42.4 Å². The highest BCUT2D eigenvalue weighted by Crippen LogP contribution is 2.32. The largest absolute Gasteiger partial charge is 0.370 e. The van der Waals surface area contributed by atoms with E-state index in [1.807, 2.05) is 46.6 Å². The molecule has 3 heterocycles. The molecule has 0 bridgehead atoms. The summed E-state index contributed by atoms with van der Waals surface area (Å²) in [5.74, 6) is -0.498. The number of ketones is 1. The number of aromatic nitrogens is 1. The van der Waals surface area contributed by atoms with Crippen LogP contribution in [-0.4, -0.2) is 46.6 Å². The van der Waals surface area contributed by atoms with Crippen molar-refractivity contribution < 1.29 is 14.8 Å². The minimum Gasteiger partial charge on any atom is -0.370 e. The molecule has 0 spiro atoms. The van der Waals surface area contributed by atoms with Gasteiger partial charge in [-0.25, -0.2) is 4.98 Å². The molecule has 1 fully saturated rings. The van der Waals surface area contributed by atoms with Gasteiger partial charge in [0.1, 0.15) is 5.69 Å². The fourth-order valence-electron chi connectivity index (χ4n) is 3.82. The Hall–Kier alpha value is -2.83. The zero-order valence-electron chi connectivity index (χ0n) is 18.1. The number of piperidine rings is 1. The number of thiazole rings is 1. The first kappa shape index (κ1) is 23.3. The van der Waals surface area contributed by atoms with Crippen molar-refractivity contribution in [1.29, 1.82) is 0 Å². The van der Waals surface area contributed by atoms with Crippen LogP contribution in [0, 0.1) is 0 Å². The Morgan fingerprint density at radius 2 is 1.97 bits per heavy atom. The van der Waals surface area contributed by atoms with Gasteiger partial charge in [0.25, 0.3) is 5.91 Å². The number of para-hydroxylation sites is 2. The van der Waals surface area contributed by atoms with E-state index in [4.69, 9.17) is 10.9 Å². The SMILES string of the molecule is C[C@H](NO)C(=O)C1(N)CCN(c2ccccc2NC(=O)c2csc(Nc3ccsc3)n2)CC1. The number of benzene rings is 1. The summed E-state index contributed by atoms with van der Waals surface area (Å²) >= 11 is 2.95. The van der Waals surface area contributed by atoms with Crippen LogP contribution in [0.1, 0.15) is 30.3 Å². The number of amides is 1. The van der Waals surface area contributed by atoms with Crippen molar-refractivity contribution in [2.75, 3.05) is 28.6 Å². The van der Waals surface area contributed by atoms with Gasteiger partial charge in [0.2, 0.25) is 0 Å². The van der Waals surface area contributed by atoms with Crippen LogP contribution in [0.4, 0.5) is 22.2 Å². The van der Waals surface area contributed by atoms with Gasteiger partial charge in [0, 0.05) is 23.8 Å². The summed E-state index contributed by atoms with van der Waals surface area (Å²) < 4.78 is 0. The number of Topliss-reactive ketones (excluding diaryl/α,β-unsaturated/α-hetero) is 1. The third-order valence-electron chi connectivity index (χ3n) is 5.74. The molecule has 1 aliphatic rings. The molecule has 0 radical (unpaired) electrons. The summed E-state index contributed by atoms with van der Waals surface area (Å²) in [6.07, 6.45) is 0.896. The number of hydrogen-bond acceptors (Lipinski definition) is 10. The lowest BCUT2D eigenvalue weighted by atomic mass is 9.82. The van der Waals surface area contributed by atoms with Crippen LogP contribution in [0.3, 0.4) is 0 Å². The average Bonchev–Trinajstić information content (AvgIpc) is 3.52. The molecule has 1 aliphatic heterocycles. The highest BCUT2D eigenvalue weighted by Gasteiger charge is 2.40. The van der Waals surface area contributed by atoms with Crippen LogP contribution in [0.25, 0.3) is 0 Å². The molecule has 1 aromatic carbocycles. The second-order valence-corrected chi connectivity index (χ2v) is 9.64. The topological polar surface area (TPSA) is 133 Å². The van der Waals surface area contributed by atoms with E-state index in [1.54, 1.807) is 23.6 Å². The Morgan fingerprint density at radius 3 is 2.67 bits per heavy atom. The molecule has 2 aromatic heterocycles. The van der Waals surface area contributed by atoms with Crippen LogP contribution >= 0.6 is 22.7 Å². The molecule has 1 atom stereocenters. The highest BCUT2D eigenvalue weighted by molar-refractivity contribution is 7.14. The minimum absolute atomic E-state index is 0.207. The summed E-state index contributed by atoms with van der Waals surface area (Å²) in [6, 6.07) is 8.78. The van der Waals surface area contributed by atoms with Gasteiger partial charge in [-0.3, -0.25) is 9.59 Å². The normalized spacial score (nSPS) is 16.3. The van der Waals surface area contributed by atoms with E-state index >= 15 is 0 Å². The molecule has 9 nitrogen and oxygen atoms in total. The Kier molecular flexibility index (Phi) is 7.05. The van der Waals surface area contributed by atoms with Crippen LogP contribution < -0.4 is 26.7 Å². The quantitative estimate of drug-likeness (QED) is 0.306. The molecule has 3 aromatic rings. The van der Waals surface area contributed by atoms with Crippen molar-refractivity contribution in [3.05, 3.63) is 52.2 Å². The van der Waals surface area contributed by atoms with Gasteiger partial charge in [-0.1, -0.05) is 12.1 Å². The molecular formula is C22H26N6O3S2. The van der Waals surface area contributed by atoms with E-state index in [2.05, 4.69) is 20.5 Å². The number of rotatable bonds is 8. The lowest BCUT2D eigenvalue weighted by Crippen LogP contribution is -2.60. The zero-order valence-corrected chi connectivity index (χ0v) is 19.7. The minimum atomic E-state index is -0.990. The van der Waals surface area contributed by atoms with Crippen LogP contribution in [-0.2, 0) is 4.79 Å². The first-order valence-electron chi connectivity index (χ1n) is 10.5. The lowest BCUT2D eigenvalue weighted by molar-refractivity contribution is -0.129. The zero-order chi connectivity index (χ0) is 23.4. The third kappa shape index (κ3) is 5.23. The summed E-state index contributed by atoms with van der Waals surface area (Å²) in [6.45, 7) is 2.70. The van der Waals surface area contributed by atoms with E-state index in [0.717, 1.165) is 11.4 Å². The molecule has 0 saturated carbocycles. The predicted molar refractivity (Wildman–Crippen MR) is 132 cm³/mol. The number of hydrogen-bond donors (Lipinski definition) is 5. The van der Waals surface area contributed by atoms with E-state index in [1.165, 1.54) is 11.3 Å². The Morgan fingerprint density at radius 1 is 1.21 bits per heavy atom. The molecule has 1 amide bonds. The average molecular weight is 487 g/mol. The van der Waals surface area contributed by atoms with Crippen molar-refractivity contribution in [1.82, 2.24) is 10.5 Å². The number of hydroxylamine groups is 1. The van der Waals surface area contributed by atoms with Gasteiger partial charge in [-0.15, -0.1) is 11.3 Å². The number of thiophene rings is 1. The number of nitrogens with two attached hydrogens (primary N) is 1. The molecule has 33 heavy (non-hydrogen) atoms. The first-order valence-corrected chi connectivity index (χ1v) is 12.3. The first-order chi connectivity index (χ1) is 15.9. The second-order valence-electron chi connectivity index (χ2n) is 8.00. The molecule has 0 unspecified atom stereocenters. The number of carbonyl (C=O) groups excluding carboxylic acids is 2. The predicted octanol–water partition coefficient (Wildman–Crippen LogP) is 3.43. The number of nitrogens with one attached hydrogen (secondary N) is 3. The van der Waals surface area contributed by atoms with Crippen molar-refractivity contribution in [2.45, 2.75) is 31.3 Å². The Balaban J connectivity index is 1.43. The van der Waals surface area contributed by atoms with Crippen LogP contribution in [0.2, 0.25) is 0 Å². The maximum atomic E-state index is 12.9. The van der Waals surface area contributed by atoms with Gasteiger partial charge in [0.15, 0.2) is 10.9 Å². The molecule has 0 aliphatic carbocycles. The highest BCUT2D eigenvalue weighted by atomic mass is 32.1. The fraction of sp³-hybridized carbons (Fsp3) is 0.318. The molecule has 4 rings (SSSR count). The van der Waals surface area contributed by atoms with Crippen LogP contribution in [0.5, 0.6) is 0 Å². The maximum absolute atomic E-state index is 12.9. The molecule has 6 N–H and O–H groups in total. The van der Waals surface area contributed by atoms with E-state index < -0.39 is 11.6 Å². The van der Waals surface area contributed by atoms with Crippen molar-refractivity contribution >= 4 is 56.6 Å². The van der Waals surface area contributed by atoms with Crippen LogP contribution in [0.15, 0.2) is 46.5 Å². The Labute approximate surface area is 199 Å². The summed E-state index contributed by atoms with van der Waals surface area (Å²) in [5, 5.41) is 21.5. The standard InChI is InChI=1S/C22H26N6O3S2/c1-14(27-31)19(29)22(23)7-9-28(10-8-22)18-5-3-2-4-16(18)25-20(30)17-13-33-21(26-17)24-15-6-11-32-12-15/h2-6,11-14,27,31H,7-10,23H2,1H3,(H,24,26)(H,25,30)/t14-/m0/s1. The summed E-state index contributed by atoms with van der Waals surface area (Å²) in [5.41, 5.74) is 10.2. The van der Waals surface area contributed by atoms with E-state index in [9.17, 15) is 9.59 Å². The number of anilines is 4. The van der Waals surface area contributed by atoms with Gasteiger partial charge in [-0.2, -0.15) is 16.8 Å². The summed E-state index contributed by atoms with van der Waals surface area (Å²) in [7, 11) is 0. The third-order valence-corrected chi connectivity index (χ3v) is 7.18. The van der Waals surface area contributed by atoms with Crippen molar-refractivity contribution in [2.24, 2.45) is 5.73 Å². The molecule has 11 heteroatoms. The van der Waals surface area contributed by atoms with Gasteiger partial charge < -0.3 is 26.5 Å². The second kappa shape index (κ2) is 9.98. The molecule has 174 valence electrons. The Bertz CT molecular complexity index is 1110. The van der Waals surface area contributed by atoms with Gasteiger partial charge in [-0.05, 0) is 43.3 Å². The molecule has 1 saturated heterocycles. The van der Waals surface area contributed by atoms with Crippen molar-refractivity contribution in [3.8, 4) is 0 Å². The summed E-state index contributed by atoms with van der Waals surface area (Å²) in [4.78, 5) is 31.9. The maximum Gasteiger partial charge on any atom is 0.275 e. The monoisotopic (exact) mass is 486 g/mol.